The molecule has 0 spiro atoms. The lowest BCUT2D eigenvalue weighted by atomic mass is 10.1. The van der Waals surface area contributed by atoms with E-state index in [0.29, 0.717) is 5.69 Å². The molecule has 0 saturated carbocycles. The van der Waals surface area contributed by atoms with Gasteiger partial charge in [-0.15, -0.1) is 5.10 Å². The van der Waals surface area contributed by atoms with E-state index in [1.807, 2.05) is 13.0 Å². The van der Waals surface area contributed by atoms with Crippen molar-refractivity contribution in [3.8, 4) is 0 Å². The van der Waals surface area contributed by atoms with Crippen molar-refractivity contribution in [3.63, 3.8) is 0 Å². The van der Waals surface area contributed by atoms with Crippen molar-refractivity contribution in [2.24, 2.45) is 7.05 Å². The molecule has 1 N–H and O–H groups in total. The molecule has 0 saturated heterocycles. The zero-order chi connectivity index (χ0) is 12.3. The Balaban J connectivity index is 1.90. The third-order valence-electron chi connectivity index (χ3n) is 2.33. The highest BCUT2D eigenvalue weighted by Gasteiger charge is 2.13. The zero-order valence-electron chi connectivity index (χ0n) is 9.75. The van der Waals surface area contributed by atoms with Crippen LogP contribution in [0.25, 0.3) is 0 Å². The minimum Gasteiger partial charge on any atom is -0.472 e. The number of carbonyl (C=O) groups excluding carboxylic acids is 1. The molecule has 0 bridgehead atoms. The Morgan fingerprint density at radius 2 is 2.47 bits per heavy atom. The molecule has 2 heterocycles. The lowest BCUT2D eigenvalue weighted by Crippen LogP contribution is -2.34. The molecule has 2 rings (SSSR count). The van der Waals surface area contributed by atoms with E-state index in [2.05, 4.69) is 15.6 Å². The number of furan rings is 1. The molecule has 0 aromatic carbocycles. The van der Waals surface area contributed by atoms with Crippen LogP contribution in [0.1, 0.15) is 23.0 Å². The van der Waals surface area contributed by atoms with Crippen molar-refractivity contribution >= 4 is 5.91 Å². The maximum atomic E-state index is 11.7. The van der Waals surface area contributed by atoms with Crippen LogP contribution in [0.4, 0.5) is 0 Å². The molecule has 0 fully saturated rings. The molecule has 1 amide bonds. The summed E-state index contributed by atoms with van der Waals surface area (Å²) in [6.07, 6.45) is 5.60. The number of hydrogen-bond donors (Lipinski definition) is 1. The summed E-state index contributed by atoms with van der Waals surface area (Å²) in [6, 6.07) is 1.90. The first-order chi connectivity index (χ1) is 8.15. The van der Waals surface area contributed by atoms with Gasteiger partial charge in [0.15, 0.2) is 5.69 Å². The average molecular weight is 234 g/mol. The van der Waals surface area contributed by atoms with E-state index in [0.717, 1.165) is 12.0 Å². The van der Waals surface area contributed by atoms with Crippen LogP contribution in [0.3, 0.4) is 0 Å². The highest BCUT2D eigenvalue weighted by Crippen LogP contribution is 2.04. The van der Waals surface area contributed by atoms with Gasteiger partial charge in [-0.2, -0.15) is 0 Å². The molecule has 0 radical (unpaired) electrons. The van der Waals surface area contributed by atoms with Gasteiger partial charge in [0.05, 0.1) is 18.7 Å². The summed E-state index contributed by atoms with van der Waals surface area (Å²) in [7, 11) is 1.72. The van der Waals surface area contributed by atoms with Crippen LogP contribution in [0, 0.1) is 0 Å². The SMILES string of the molecule is C[C@H](Cc1ccoc1)NC(=O)c1cn(C)nn1. The summed E-state index contributed by atoms with van der Waals surface area (Å²) in [6.45, 7) is 1.93. The fraction of sp³-hybridized carbons (Fsp3) is 0.364. The van der Waals surface area contributed by atoms with Crippen LogP contribution in [0.2, 0.25) is 0 Å². The van der Waals surface area contributed by atoms with E-state index in [1.165, 1.54) is 4.68 Å². The van der Waals surface area contributed by atoms with E-state index in [-0.39, 0.29) is 11.9 Å². The topological polar surface area (TPSA) is 73.0 Å². The highest BCUT2D eigenvalue weighted by atomic mass is 16.3. The second kappa shape index (κ2) is 4.82. The normalized spacial score (nSPS) is 12.4. The van der Waals surface area contributed by atoms with Crippen LogP contribution >= 0.6 is 0 Å². The molecule has 6 heteroatoms. The maximum Gasteiger partial charge on any atom is 0.273 e. The fourth-order valence-corrected chi connectivity index (χ4v) is 1.56. The first kappa shape index (κ1) is 11.4. The maximum absolute atomic E-state index is 11.7. The highest BCUT2D eigenvalue weighted by molar-refractivity contribution is 5.92. The van der Waals surface area contributed by atoms with Crippen LogP contribution in [-0.2, 0) is 13.5 Å². The molecular formula is C11H14N4O2. The molecule has 90 valence electrons. The number of rotatable bonds is 4. The van der Waals surface area contributed by atoms with Gasteiger partial charge in [0.25, 0.3) is 5.91 Å². The van der Waals surface area contributed by atoms with Crippen LogP contribution in [-0.4, -0.2) is 26.9 Å². The zero-order valence-corrected chi connectivity index (χ0v) is 9.75. The van der Waals surface area contributed by atoms with Gasteiger partial charge in [0, 0.05) is 13.1 Å². The number of hydrogen-bond acceptors (Lipinski definition) is 4. The summed E-state index contributed by atoms with van der Waals surface area (Å²) >= 11 is 0. The monoisotopic (exact) mass is 234 g/mol. The van der Waals surface area contributed by atoms with E-state index in [9.17, 15) is 4.79 Å². The molecule has 0 aliphatic rings. The number of nitrogens with zero attached hydrogens (tertiary/aromatic N) is 3. The van der Waals surface area contributed by atoms with Gasteiger partial charge < -0.3 is 9.73 Å². The lowest BCUT2D eigenvalue weighted by Gasteiger charge is -2.11. The second-order valence-corrected chi connectivity index (χ2v) is 3.99. The van der Waals surface area contributed by atoms with Crippen molar-refractivity contribution in [2.45, 2.75) is 19.4 Å². The van der Waals surface area contributed by atoms with Crippen LogP contribution in [0.5, 0.6) is 0 Å². The summed E-state index contributed by atoms with van der Waals surface area (Å²) < 4.78 is 6.47. The largest absolute Gasteiger partial charge is 0.472 e. The summed E-state index contributed by atoms with van der Waals surface area (Å²) in [5.41, 5.74) is 1.38. The lowest BCUT2D eigenvalue weighted by molar-refractivity contribution is 0.0935. The third-order valence-corrected chi connectivity index (χ3v) is 2.33. The van der Waals surface area contributed by atoms with Crippen molar-refractivity contribution < 1.29 is 9.21 Å². The molecule has 0 aliphatic heterocycles. The van der Waals surface area contributed by atoms with E-state index < -0.39 is 0 Å². The Labute approximate surface area is 98.6 Å². The van der Waals surface area contributed by atoms with Gasteiger partial charge in [0.1, 0.15) is 0 Å². The molecule has 17 heavy (non-hydrogen) atoms. The quantitative estimate of drug-likeness (QED) is 0.848. The summed E-state index contributed by atoms with van der Waals surface area (Å²) in [5.74, 6) is -0.214. The first-order valence-corrected chi connectivity index (χ1v) is 5.33. The molecule has 2 aromatic heterocycles. The second-order valence-electron chi connectivity index (χ2n) is 3.99. The molecule has 6 nitrogen and oxygen atoms in total. The standard InChI is InChI=1S/C11H14N4O2/c1-8(5-9-3-4-17-7-9)12-11(16)10-6-15(2)14-13-10/h3-4,6-8H,5H2,1-2H3,(H,12,16)/t8-/m1/s1. The molecule has 0 unspecified atom stereocenters. The number of carbonyl (C=O) groups is 1. The Hall–Kier alpha value is -2.11. The minimum atomic E-state index is -0.214. The molecule has 2 aromatic rings. The van der Waals surface area contributed by atoms with E-state index in [1.54, 1.807) is 25.8 Å². The van der Waals surface area contributed by atoms with Crippen LogP contribution in [0.15, 0.2) is 29.2 Å². The molecule has 0 aliphatic carbocycles. The van der Waals surface area contributed by atoms with Crippen molar-refractivity contribution in [2.75, 3.05) is 0 Å². The predicted molar refractivity (Wildman–Crippen MR) is 60.3 cm³/mol. The van der Waals surface area contributed by atoms with Gasteiger partial charge in [0.2, 0.25) is 0 Å². The predicted octanol–water partition coefficient (Wildman–Crippen LogP) is 0.769. The van der Waals surface area contributed by atoms with Crippen molar-refractivity contribution in [1.29, 1.82) is 0 Å². The van der Waals surface area contributed by atoms with Gasteiger partial charge in [-0.25, -0.2) is 0 Å². The Kier molecular flexibility index (Phi) is 3.22. The smallest absolute Gasteiger partial charge is 0.273 e. The first-order valence-electron chi connectivity index (χ1n) is 5.33. The van der Waals surface area contributed by atoms with Gasteiger partial charge >= 0.3 is 0 Å². The minimum absolute atomic E-state index is 0.0158. The molecular weight excluding hydrogens is 220 g/mol. The van der Waals surface area contributed by atoms with Gasteiger partial charge in [-0.05, 0) is 25.0 Å². The Bertz CT molecular complexity index is 489. The molecule has 1 atom stereocenters. The number of aromatic nitrogens is 3. The fourth-order valence-electron chi connectivity index (χ4n) is 1.56. The Morgan fingerprint density at radius 1 is 1.65 bits per heavy atom. The van der Waals surface area contributed by atoms with E-state index in [4.69, 9.17) is 4.42 Å². The number of nitrogens with one attached hydrogen (secondary N) is 1. The van der Waals surface area contributed by atoms with E-state index >= 15 is 0 Å². The third kappa shape index (κ3) is 2.93. The van der Waals surface area contributed by atoms with Crippen molar-refractivity contribution in [1.82, 2.24) is 20.3 Å². The summed E-state index contributed by atoms with van der Waals surface area (Å²) in [4.78, 5) is 11.7. The number of amides is 1. The Morgan fingerprint density at radius 3 is 3.06 bits per heavy atom. The van der Waals surface area contributed by atoms with Gasteiger partial charge in [-0.3, -0.25) is 9.48 Å². The number of aryl methyl sites for hydroxylation is 1. The van der Waals surface area contributed by atoms with Gasteiger partial charge in [-0.1, -0.05) is 5.21 Å². The van der Waals surface area contributed by atoms with Crippen molar-refractivity contribution in [3.05, 3.63) is 36.0 Å². The average Bonchev–Trinajstić information content (AvgIpc) is 2.89. The summed E-state index contributed by atoms with van der Waals surface area (Å²) in [5, 5.41) is 10.3. The van der Waals surface area contributed by atoms with Crippen LogP contribution < -0.4 is 5.32 Å².